The van der Waals surface area contributed by atoms with E-state index in [0.29, 0.717) is 23.3 Å². The molecule has 0 bridgehead atoms. The smallest absolute Gasteiger partial charge is 0.454 e. The molecule has 162 valence electrons. The fraction of sp³-hybridized carbons (Fsp3) is 0.150. The molecule has 31 heavy (non-hydrogen) atoms. The summed E-state index contributed by atoms with van der Waals surface area (Å²) in [7, 11) is 0. The molecule has 2 N–H and O–H groups in total. The SMILES string of the molecule is O=C(COC(=O)c1ccccc1NC=CC(=O)C(F)(F)F)Nc1ccc2c(c1)OCO2. The van der Waals surface area contributed by atoms with Crippen LogP contribution >= 0.6 is 0 Å². The van der Waals surface area contributed by atoms with Gasteiger partial charge >= 0.3 is 12.1 Å². The number of hydrogen-bond acceptors (Lipinski definition) is 7. The molecule has 0 atom stereocenters. The summed E-state index contributed by atoms with van der Waals surface area (Å²) in [5.41, 5.74) is 0.462. The molecule has 0 aromatic heterocycles. The van der Waals surface area contributed by atoms with E-state index >= 15 is 0 Å². The molecule has 2 aromatic carbocycles. The third-order valence-electron chi connectivity index (χ3n) is 3.89. The first kappa shape index (κ1) is 21.7. The number of carbonyl (C=O) groups excluding carboxylic acids is 3. The number of allylic oxidation sites excluding steroid dienone is 1. The number of rotatable bonds is 7. The molecule has 1 heterocycles. The average molecular weight is 436 g/mol. The number of hydrogen-bond donors (Lipinski definition) is 2. The molecule has 2 aromatic rings. The highest BCUT2D eigenvalue weighted by Gasteiger charge is 2.36. The van der Waals surface area contributed by atoms with E-state index in [0.717, 1.165) is 6.20 Å². The number of alkyl halides is 3. The van der Waals surface area contributed by atoms with Crippen molar-refractivity contribution in [3.8, 4) is 11.5 Å². The van der Waals surface area contributed by atoms with Crippen molar-refractivity contribution in [2.45, 2.75) is 6.18 Å². The van der Waals surface area contributed by atoms with Gasteiger partial charge in [0, 0.05) is 24.0 Å². The topological polar surface area (TPSA) is 103 Å². The maximum absolute atomic E-state index is 12.3. The molecule has 1 aliphatic rings. The fourth-order valence-electron chi connectivity index (χ4n) is 2.47. The standard InChI is InChI=1S/C20H15F3N2O6/c21-20(22,23)17(26)7-8-24-14-4-2-1-3-13(14)19(28)29-10-18(27)25-12-5-6-15-16(9-12)31-11-30-15/h1-9,24H,10-11H2,(H,25,27). The van der Waals surface area contributed by atoms with E-state index in [9.17, 15) is 27.6 Å². The van der Waals surface area contributed by atoms with E-state index in [1.54, 1.807) is 18.2 Å². The molecular formula is C20H15F3N2O6. The molecule has 0 spiro atoms. The van der Waals surface area contributed by atoms with Crippen LogP contribution in [-0.4, -0.2) is 37.2 Å². The second kappa shape index (κ2) is 9.20. The summed E-state index contributed by atoms with van der Waals surface area (Å²) in [6.45, 7) is -0.526. The van der Waals surface area contributed by atoms with E-state index in [-0.39, 0.29) is 18.0 Å². The number of benzene rings is 2. The Hall–Kier alpha value is -4.02. The Balaban J connectivity index is 1.56. The number of esters is 1. The van der Waals surface area contributed by atoms with Gasteiger partial charge in [-0.3, -0.25) is 9.59 Å². The molecule has 0 fully saturated rings. The Kier molecular flexibility index (Phi) is 6.43. The summed E-state index contributed by atoms with van der Waals surface area (Å²) >= 11 is 0. The van der Waals surface area contributed by atoms with E-state index in [4.69, 9.17) is 14.2 Å². The van der Waals surface area contributed by atoms with E-state index in [1.807, 2.05) is 0 Å². The lowest BCUT2D eigenvalue weighted by molar-refractivity contribution is -0.165. The lowest BCUT2D eigenvalue weighted by Gasteiger charge is -2.10. The predicted molar refractivity (Wildman–Crippen MR) is 102 cm³/mol. The molecule has 11 heteroatoms. The summed E-state index contributed by atoms with van der Waals surface area (Å²) in [6, 6.07) is 10.5. The maximum atomic E-state index is 12.3. The van der Waals surface area contributed by atoms with Crippen molar-refractivity contribution < 1.29 is 41.8 Å². The first-order chi connectivity index (χ1) is 14.7. The van der Waals surface area contributed by atoms with Gasteiger partial charge in [0.05, 0.1) is 11.3 Å². The highest BCUT2D eigenvalue weighted by Crippen LogP contribution is 2.34. The Morgan fingerprint density at radius 3 is 2.58 bits per heavy atom. The van der Waals surface area contributed by atoms with Crippen molar-refractivity contribution in [1.82, 2.24) is 0 Å². The second-order valence-electron chi connectivity index (χ2n) is 6.08. The summed E-state index contributed by atoms with van der Waals surface area (Å²) in [6.07, 6.45) is -3.95. The van der Waals surface area contributed by atoms with Crippen molar-refractivity contribution in [2.24, 2.45) is 0 Å². The number of nitrogens with one attached hydrogen (secondary N) is 2. The minimum absolute atomic E-state index is 0.0394. The number of halogens is 3. The van der Waals surface area contributed by atoms with Crippen LogP contribution in [0.1, 0.15) is 10.4 Å². The maximum Gasteiger partial charge on any atom is 0.454 e. The normalized spacial score (nSPS) is 12.5. The van der Waals surface area contributed by atoms with Crippen molar-refractivity contribution in [3.05, 3.63) is 60.3 Å². The number of ketones is 1. The summed E-state index contributed by atoms with van der Waals surface area (Å²) in [5.74, 6) is -2.56. The van der Waals surface area contributed by atoms with Crippen LogP contribution in [0.4, 0.5) is 24.5 Å². The van der Waals surface area contributed by atoms with Crippen molar-refractivity contribution in [1.29, 1.82) is 0 Å². The number of anilines is 2. The Morgan fingerprint density at radius 1 is 1.06 bits per heavy atom. The van der Waals surface area contributed by atoms with Gasteiger partial charge in [0.1, 0.15) is 0 Å². The molecular weight excluding hydrogens is 421 g/mol. The third kappa shape index (κ3) is 5.75. The van der Waals surface area contributed by atoms with Crippen molar-refractivity contribution >= 4 is 29.0 Å². The average Bonchev–Trinajstić information content (AvgIpc) is 3.19. The fourth-order valence-corrected chi connectivity index (χ4v) is 2.47. The van der Waals surface area contributed by atoms with Crippen LogP contribution in [0.2, 0.25) is 0 Å². The minimum atomic E-state index is -5.00. The van der Waals surface area contributed by atoms with Crippen LogP contribution in [0.25, 0.3) is 0 Å². The zero-order valence-electron chi connectivity index (χ0n) is 15.7. The molecule has 1 aliphatic heterocycles. The lowest BCUT2D eigenvalue weighted by Crippen LogP contribution is -2.21. The Bertz CT molecular complexity index is 1040. The highest BCUT2D eigenvalue weighted by molar-refractivity contribution is 5.99. The number of ether oxygens (including phenoxy) is 3. The molecule has 0 saturated carbocycles. The van der Waals surface area contributed by atoms with Gasteiger partial charge in [-0.05, 0) is 24.3 Å². The summed E-state index contributed by atoms with van der Waals surface area (Å²) in [4.78, 5) is 35.2. The predicted octanol–water partition coefficient (Wildman–Crippen LogP) is 3.27. The van der Waals surface area contributed by atoms with Crippen LogP contribution in [0.5, 0.6) is 11.5 Å². The Labute approximate surface area is 173 Å². The van der Waals surface area contributed by atoms with E-state index in [2.05, 4.69) is 10.6 Å². The zero-order valence-corrected chi connectivity index (χ0v) is 15.7. The largest absolute Gasteiger partial charge is 0.454 e. The van der Waals surface area contributed by atoms with Gasteiger partial charge in [0.25, 0.3) is 11.7 Å². The lowest BCUT2D eigenvalue weighted by atomic mass is 10.2. The van der Waals surface area contributed by atoms with Gasteiger partial charge in [-0.1, -0.05) is 12.1 Å². The van der Waals surface area contributed by atoms with E-state index < -0.39 is 30.4 Å². The zero-order chi connectivity index (χ0) is 22.4. The monoisotopic (exact) mass is 436 g/mol. The van der Waals surface area contributed by atoms with Crippen LogP contribution in [0.15, 0.2) is 54.7 Å². The number of carbonyl (C=O) groups is 3. The molecule has 8 nitrogen and oxygen atoms in total. The number of amides is 1. The Morgan fingerprint density at radius 2 is 1.81 bits per heavy atom. The highest BCUT2D eigenvalue weighted by atomic mass is 19.4. The van der Waals surface area contributed by atoms with Gasteiger partial charge in [-0.15, -0.1) is 0 Å². The van der Waals surface area contributed by atoms with Crippen molar-refractivity contribution in [2.75, 3.05) is 24.0 Å². The molecule has 0 aliphatic carbocycles. The second-order valence-corrected chi connectivity index (χ2v) is 6.08. The number of fused-ring (bicyclic) bond motifs is 1. The van der Waals surface area contributed by atoms with Gasteiger partial charge in [0.2, 0.25) is 6.79 Å². The molecule has 3 rings (SSSR count). The van der Waals surface area contributed by atoms with Gasteiger partial charge < -0.3 is 24.8 Å². The molecule has 0 radical (unpaired) electrons. The summed E-state index contributed by atoms with van der Waals surface area (Å²) in [5, 5.41) is 4.95. The quantitative estimate of drug-likeness (QED) is 0.507. The first-order valence-corrected chi connectivity index (χ1v) is 8.74. The number of para-hydroxylation sites is 1. The van der Waals surface area contributed by atoms with Crippen LogP contribution < -0.4 is 20.1 Å². The van der Waals surface area contributed by atoms with Gasteiger partial charge in [0.15, 0.2) is 18.1 Å². The van der Waals surface area contributed by atoms with Gasteiger partial charge in [-0.25, -0.2) is 4.79 Å². The molecule has 0 unspecified atom stereocenters. The molecule has 0 saturated heterocycles. The minimum Gasteiger partial charge on any atom is -0.454 e. The third-order valence-corrected chi connectivity index (χ3v) is 3.89. The summed E-state index contributed by atoms with van der Waals surface area (Å²) < 4.78 is 52.0. The van der Waals surface area contributed by atoms with E-state index in [1.165, 1.54) is 24.3 Å². The van der Waals surface area contributed by atoms with Crippen molar-refractivity contribution in [3.63, 3.8) is 0 Å². The van der Waals surface area contributed by atoms with Crippen LogP contribution in [-0.2, 0) is 14.3 Å². The van der Waals surface area contributed by atoms with Gasteiger partial charge in [-0.2, -0.15) is 13.2 Å². The first-order valence-electron chi connectivity index (χ1n) is 8.74. The van der Waals surface area contributed by atoms with Crippen LogP contribution in [0, 0.1) is 0 Å². The molecule has 1 amide bonds. The van der Waals surface area contributed by atoms with Crippen LogP contribution in [0.3, 0.4) is 0 Å².